The molecule has 1 aromatic rings. The summed E-state index contributed by atoms with van der Waals surface area (Å²) in [6.07, 6.45) is 1.77. The molecule has 1 rings (SSSR count). The van der Waals surface area contributed by atoms with E-state index in [9.17, 15) is 14.4 Å². The quantitative estimate of drug-likeness (QED) is 0.571. The molecule has 0 unspecified atom stereocenters. The average Bonchev–Trinajstić information content (AvgIpc) is 2.53. The first-order valence-electron chi connectivity index (χ1n) is 8.06. The van der Waals surface area contributed by atoms with Gasteiger partial charge in [0, 0.05) is 36.3 Å². The number of carbonyl (C=O) groups excluding carboxylic acids is 3. The maximum Gasteiger partial charge on any atom is 0.319 e. The molecule has 0 aromatic heterocycles. The second-order valence-corrected chi connectivity index (χ2v) is 6.51. The molecular formula is C18H26N4O3. The lowest BCUT2D eigenvalue weighted by atomic mass is 9.96. The van der Waals surface area contributed by atoms with E-state index in [4.69, 9.17) is 0 Å². The minimum absolute atomic E-state index is 0.0922. The van der Waals surface area contributed by atoms with Crippen molar-refractivity contribution >= 4 is 29.2 Å². The Morgan fingerprint density at radius 3 is 2.08 bits per heavy atom. The van der Waals surface area contributed by atoms with Crippen LogP contribution < -0.4 is 21.3 Å². The molecule has 4 N–H and O–H groups in total. The zero-order valence-corrected chi connectivity index (χ0v) is 14.9. The van der Waals surface area contributed by atoms with Crippen molar-refractivity contribution in [3.05, 3.63) is 36.9 Å². The lowest BCUT2D eigenvalue weighted by molar-refractivity contribution is -0.128. The number of carbonyl (C=O) groups is 3. The molecule has 0 saturated carbocycles. The normalized spacial score (nSPS) is 10.5. The van der Waals surface area contributed by atoms with E-state index in [0.717, 1.165) is 0 Å². The topological polar surface area (TPSA) is 99.3 Å². The third-order valence-corrected chi connectivity index (χ3v) is 3.15. The standard InChI is InChI=1S/C18H26N4O3/c1-5-11-20-17(25)22-14-8-6-13(7-9-14)21-15(23)10-12-19-16(24)18(2,3)4/h5-9H,1,10-12H2,2-4H3,(H,19,24)(H,21,23)(H2,20,22,25). The first-order chi connectivity index (χ1) is 11.7. The summed E-state index contributed by atoms with van der Waals surface area (Å²) in [6.45, 7) is 9.62. The van der Waals surface area contributed by atoms with Crippen LogP contribution in [-0.2, 0) is 9.59 Å². The second-order valence-electron chi connectivity index (χ2n) is 6.51. The van der Waals surface area contributed by atoms with Crippen LogP contribution in [0.3, 0.4) is 0 Å². The van der Waals surface area contributed by atoms with Crippen molar-refractivity contribution in [2.24, 2.45) is 5.41 Å². The van der Waals surface area contributed by atoms with Gasteiger partial charge in [0.25, 0.3) is 0 Å². The van der Waals surface area contributed by atoms with Crippen molar-refractivity contribution in [3.8, 4) is 0 Å². The summed E-state index contributed by atoms with van der Waals surface area (Å²) in [6, 6.07) is 6.42. The molecule has 136 valence electrons. The first-order valence-corrected chi connectivity index (χ1v) is 8.06. The molecule has 0 aliphatic carbocycles. The number of hydrogen-bond acceptors (Lipinski definition) is 3. The van der Waals surface area contributed by atoms with Crippen LogP contribution in [0.2, 0.25) is 0 Å². The summed E-state index contributed by atoms with van der Waals surface area (Å²) < 4.78 is 0. The van der Waals surface area contributed by atoms with Gasteiger partial charge in [-0.15, -0.1) is 6.58 Å². The summed E-state index contributed by atoms with van der Waals surface area (Å²) >= 11 is 0. The number of urea groups is 1. The maximum absolute atomic E-state index is 11.9. The number of anilines is 2. The smallest absolute Gasteiger partial charge is 0.319 e. The first kappa shape index (κ1) is 20.2. The molecule has 25 heavy (non-hydrogen) atoms. The molecule has 4 amide bonds. The lowest BCUT2D eigenvalue weighted by Gasteiger charge is -2.17. The van der Waals surface area contributed by atoms with Gasteiger partial charge in [-0.1, -0.05) is 26.8 Å². The van der Waals surface area contributed by atoms with Crippen molar-refractivity contribution in [1.29, 1.82) is 0 Å². The second kappa shape index (κ2) is 9.46. The summed E-state index contributed by atoms with van der Waals surface area (Å²) in [7, 11) is 0. The van der Waals surface area contributed by atoms with Crippen molar-refractivity contribution in [3.63, 3.8) is 0 Å². The molecule has 0 radical (unpaired) electrons. The summed E-state index contributed by atoms with van der Waals surface area (Å²) in [5.41, 5.74) is 0.748. The number of nitrogens with one attached hydrogen (secondary N) is 4. The maximum atomic E-state index is 11.9. The molecule has 0 heterocycles. The molecule has 0 spiro atoms. The summed E-state index contributed by atoms with van der Waals surface area (Å²) in [5, 5.41) is 10.7. The van der Waals surface area contributed by atoms with Crippen LogP contribution in [0, 0.1) is 5.41 Å². The monoisotopic (exact) mass is 346 g/mol. The van der Waals surface area contributed by atoms with Crippen molar-refractivity contribution in [1.82, 2.24) is 10.6 Å². The third kappa shape index (κ3) is 8.01. The third-order valence-electron chi connectivity index (χ3n) is 3.15. The Morgan fingerprint density at radius 2 is 1.56 bits per heavy atom. The molecule has 0 fully saturated rings. The molecule has 7 nitrogen and oxygen atoms in total. The molecule has 0 atom stereocenters. The van der Waals surface area contributed by atoms with Crippen LogP contribution in [-0.4, -0.2) is 30.9 Å². The summed E-state index contributed by atoms with van der Waals surface area (Å²) in [5.74, 6) is -0.288. The van der Waals surface area contributed by atoms with E-state index in [0.29, 0.717) is 17.9 Å². The van der Waals surface area contributed by atoms with Crippen molar-refractivity contribution in [2.45, 2.75) is 27.2 Å². The van der Waals surface area contributed by atoms with Gasteiger partial charge in [0.05, 0.1) is 0 Å². The van der Waals surface area contributed by atoms with Gasteiger partial charge in [-0.05, 0) is 24.3 Å². The van der Waals surface area contributed by atoms with Gasteiger partial charge in [0.1, 0.15) is 0 Å². The van der Waals surface area contributed by atoms with Crippen molar-refractivity contribution in [2.75, 3.05) is 23.7 Å². The van der Waals surface area contributed by atoms with E-state index < -0.39 is 5.41 Å². The number of hydrogen-bond donors (Lipinski definition) is 4. The largest absolute Gasteiger partial charge is 0.355 e. The molecule has 0 saturated heterocycles. The Bertz CT molecular complexity index is 618. The van der Waals surface area contributed by atoms with E-state index in [-0.39, 0.29) is 30.8 Å². The molecule has 1 aromatic carbocycles. The highest BCUT2D eigenvalue weighted by Crippen LogP contribution is 2.14. The van der Waals surface area contributed by atoms with Crippen LogP contribution in [0.4, 0.5) is 16.2 Å². The minimum Gasteiger partial charge on any atom is -0.355 e. The average molecular weight is 346 g/mol. The summed E-state index contributed by atoms with van der Waals surface area (Å²) in [4.78, 5) is 35.1. The Hall–Kier alpha value is -2.83. The predicted molar refractivity (Wildman–Crippen MR) is 99.4 cm³/mol. The molecule has 0 aliphatic rings. The Morgan fingerprint density at radius 1 is 1.00 bits per heavy atom. The number of amides is 4. The highest BCUT2D eigenvalue weighted by Gasteiger charge is 2.20. The number of rotatable bonds is 7. The minimum atomic E-state index is -0.475. The van der Waals surface area contributed by atoms with Gasteiger partial charge in [-0.3, -0.25) is 9.59 Å². The van der Waals surface area contributed by atoms with Gasteiger partial charge in [0.2, 0.25) is 11.8 Å². The fourth-order valence-electron chi connectivity index (χ4n) is 1.76. The molecule has 0 aliphatic heterocycles. The van der Waals surface area contributed by atoms with E-state index >= 15 is 0 Å². The van der Waals surface area contributed by atoms with E-state index in [1.807, 2.05) is 20.8 Å². The van der Waals surface area contributed by atoms with E-state index in [1.54, 1.807) is 30.3 Å². The van der Waals surface area contributed by atoms with E-state index in [1.165, 1.54) is 0 Å². The van der Waals surface area contributed by atoms with Crippen LogP contribution in [0.5, 0.6) is 0 Å². The molecule has 7 heteroatoms. The Kier molecular flexibility index (Phi) is 7.65. The highest BCUT2D eigenvalue weighted by atomic mass is 16.2. The van der Waals surface area contributed by atoms with Gasteiger partial charge in [0.15, 0.2) is 0 Å². The SMILES string of the molecule is C=CCNC(=O)Nc1ccc(NC(=O)CCNC(=O)C(C)(C)C)cc1. The van der Waals surface area contributed by atoms with E-state index in [2.05, 4.69) is 27.8 Å². The van der Waals surface area contributed by atoms with Gasteiger partial charge in [-0.25, -0.2) is 4.79 Å². The Labute approximate surface area is 148 Å². The van der Waals surface area contributed by atoms with Gasteiger partial charge in [-0.2, -0.15) is 0 Å². The van der Waals surface area contributed by atoms with Crippen molar-refractivity contribution < 1.29 is 14.4 Å². The van der Waals surface area contributed by atoms with Gasteiger partial charge < -0.3 is 21.3 Å². The van der Waals surface area contributed by atoms with Crippen LogP contribution in [0.1, 0.15) is 27.2 Å². The zero-order chi connectivity index (χ0) is 18.9. The molecule has 0 bridgehead atoms. The van der Waals surface area contributed by atoms with Crippen LogP contribution in [0.25, 0.3) is 0 Å². The van der Waals surface area contributed by atoms with Crippen LogP contribution >= 0.6 is 0 Å². The molecular weight excluding hydrogens is 320 g/mol. The van der Waals surface area contributed by atoms with Gasteiger partial charge >= 0.3 is 6.03 Å². The fraction of sp³-hybridized carbons (Fsp3) is 0.389. The fourth-order valence-corrected chi connectivity index (χ4v) is 1.76. The van der Waals surface area contributed by atoms with Crippen LogP contribution in [0.15, 0.2) is 36.9 Å². The number of benzene rings is 1. The Balaban J connectivity index is 2.39. The lowest BCUT2D eigenvalue weighted by Crippen LogP contribution is -2.36. The predicted octanol–water partition coefficient (Wildman–Crippen LogP) is 2.49. The highest BCUT2D eigenvalue weighted by molar-refractivity contribution is 5.92. The zero-order valence-electron chi connectivity index (χ0n) is 14.9.